The summed E-state index contributed by atoms with van der Waals surface area (Å²) < 4.78 is 0.628. The molecule has 70 valence electrons. The molecule has 0 saturated carbocycles. The zero-order valence-corrected chi connectivity index (χ0v) is 9.17. The number of halogens is 1. The number of hydrogen-bond acceptors (Lipinski definition) is 2. The second-order valence-corrected chi connectivity index (χ2v) is 3.70. The van der Waals surface area contributed by atoms with Gasteiger partial charge in [0.2, 0.25) is 0 Å². The van der Waals surface area contributed by atoms with E-state index in [4.69, 9.17) is 0 Å². The van der Waals surface area contributed by atoms with Crippen molar-refractivity contribution in [3.63, 3.8) is 0 Å². The van der Waals surface area contributed by atoms with Crippen molar-refractivity contribution in [1.82, 2.24) is 4.98 Å². The molecule has 0 aromatic carbocycles. The number of rotatable bonds is 4. The lowest BCUT2D eigenvalue weighted by atomic mass is 10.1. The highest BCUT2D eigenvalue weighted by Crippen LogP contribution is 2.14. The van der Waals surface area contributed by atoms with Crippen molar-refractivity contribution in [2.45, 2.75) is 26.2 Å². The van der Waals surface area contributed by atoms with Gasteiger partial charge >= 0.3 is 0 Å². The molecule has 1 heterocycles. The third-order valence-electron chi connectivity index (χ3n) is 1.87. The van der Waals surface area contributed by atoms with Gasteiger partial charge in [0.25, 0.3) is 0 Å². The third-order valence-corrected chi connectivity index (χ3v) is 2.53. The Balaban J connectivity index is 2.80. The Kier molecular flexibility index (Phi) is 4.09. The molecule has 1 aromatic heterocycles. The number of aromatic nitrogens is 1. The average molecular weight is 242 g/mol. The highest BCUT2D eigenvalue weighted by Gasteiger charge is 2.01. The minimum atomic E-state index is 0.628. The molecule has 1 aromatic rings. The van der Waals surface area contributed by atoms with E-state index in [9.17, 15) is 4.79 Å². The maximum absolute atomic E-state index is 10.6. The van der Waals surface area contributed by atoms with Gasteiger partial charge in [-0.05, 0) is 40.4 Å². The van der Waals surface area contributed by atoms with E-state index in [0.29, 0.717) is 10.2 Å². The van der Waals surface area contributed by atoms with Crippen LogP contribution < -0.4 is 0 Å². The van der Waals surface area contributed by atoms with Crippen molar-refractivity contribution >= 4 is 22.2 Å². The van der Waals surface area contributed by atoms with Gasteiger partial charge in [0, 0.05) is 11.8 Å². The fraction of sp³-hybridized carbons (Fsp3) is 0.400. The molecule has 13 heavy (non-hydrogen) atoms. The van der Waals surface area contributed by atoms with Gasteiger partial charge in [0.1, 0.15) is 4.60 Å². The van der Waals surface area contributed by atoms with Crippen LogP contribution in [0.1, 0.15) is 35.7 Å². The molecule has 0 aliphatic heterocycles. The van der Waals surface area contributed by atoms with Crippen LogP contribution in [-0.2, 0) is 6.42 Å². The third kappa shape index (κ3) is 2.92. The van der Waals surface area contributed by atoms with Crippen molar-refractivity contribution < 1.29 is 4.79 Å². The van der Waals surface area contributed by atoms with Crippen LogP contribution in [-0.4, -0.2) is 11.3 Å². The number of unbranched alkanes of at least 4 members (excludes halogenated alkanes) is 1. The molecule has 0 spiro atoms. The Hall–Kier alpha value is -0.700. The Morgan fingerprint density at radius 2 is 2.38 bits per heavy atom. The number of aryl methyl sites for hydroxylation is 1. The predicted octanol–water partition coefficient (Wildman–Crippen LogP) is 3.00. The van der Waals surface area contributed by atoms with Crippen LogP contribution in [0.3, 0.4) is 0 Å². The molecular formula is C10H12BrNO. The van der Waals surface area contributed by atoms with Gasteiger partial charge in [-0.2, -0.15) is 0 Å². The number of pyridine rings is 1. The lowest BCUT2D eigenvalue weighted by Crippen LogP contribution is -1.92. The van der Waals surface area contributed by atoms with E-state index in [1.165, 1.54) is 0 Å². The molecule has 0 fully saturated rings. The van der Waals surface area contributed by atoms with Crippen molar-refractivity contribution in [2.75, 3.05) is 0 Å². The van der Waals surface area contributed by atoms with Crippen molar-refractivity contribution in [1.29, 1.82) is 0 Å². The smallest absolute Gasteiger partial charge is 0.152 e. The van der Waals surface area contributed by atoms with E-state index in [0.717, 1.165) is 31.1 Å². The Morgan fingerprint density at radius 1 is 1.62 bits per heavy atom. The number of carbonyl (C=O) groups excluding carboxylic acids is 1. The molecule has 0 aliphatic rings. The lowest BCUT2D eigenvalue weighted by molar-refractivity contribution is 0.112. The standard InChI is InChI=1S/C10H12BrNO/c1-2-3-4-8-5-9(7-13)10(11)12-6-8/h5-7H,2-4H2,1H3. The van der Waals surface area contributed by atoms with E-state index in [-0.39, 0.29) is 0 Å². The summed E-state index contributed by atoms with van der Waals surface area (Å²) in [5.41, 5.74) is 1.76. The molecule has 0 N–H and O–H groups in total. The summed E-state index contributed by atoms with van der Waals surface area (Å²) in [5.74, 6) is 0. The predicted molar refractivity (Wildman–Crippen MR) is 55.9 cm³/mol. The molecular weight excluding hydrogens is 230 g/mol. The van der Waals surface area contributed by atoms with E-state index in [1.54, 1.807) is 0 Å². The summed E-state index contributed by atoms with van der Waals surface area (Å²) >= 11 is 3.22. The molecule has 3 heteroatoms. The van der Waals surface area contributed by atoms with Gasteiger partial charge in [-0.15, -0.1) is 0 Å². The zero-order valence-electron chi connectivity index (χ0n) is 7.59. The highest BCUT2D eigenvalue weighted by molar-refractivity contribution is 9.10. The molecule has 2 nitrogen and oxygen atoms in total. The fourth-order valence-electron chi connectivity index (χ4n) is 1.11. The molecule has 0 radical (unpaired) electrons. The van der Waals surface area contributed by atoms with Crippen molar-refractivity contribution in [2.24, 2.45) is 0 Å². The summed E-state index contributed by atoms with van der Waals surface area (Å²) in [6.45, 7) is 2.15. The molecule has 1 rings (SSSR count). The van der Waals surface area contributed by atoms with Gasteiger partial charge in [-0.1, -0.05) is 13.3 Å². The Labute approximate surface area is 86.5 Å². The summed E-state index contributed by atoms with van der Waals surface area (Å²) in [6, 6.07) is 1.89. The lowest BCUT2D eigenvalue weighted by Gasteiger charge is -2.01. The average Bonchev–Trinajstić information content (AvgIpc) is 2.16. The van der Waals surface area contributed by atoms with Gasteiger partial charge in [-0.25, -0.2) is 4.98 Å². The maximum Gasteiger partial charge on any atom is 0.152 e. The van der Waals surface area contributed by atoms with Gasteiger partial charge in [0.15, 0.2) is 6.29 Å². The second-order valence-electron chi connectivity index (χ2n) is 2.95. The fourth-order valence-corrected chi connectivity index (χ4v) is 1.42. The van der Waals surface area contributed by atoms with Crippen LogP contribution in [0.5, 0.6) is 0 Å². The van der Waals surface area contributed by atoms with E-state index < -0.39 is 0 Å². The van der Waals surface area contributed by atoms with Crippen LogP contribution in [0.25, 0.3) is 0 Å². The molecule has 0 bridgehead atoms. The van der Waals surface area contributed by atoms with Crippen LogP contribution in [0, 0.1) is 0 Å². The molecule has 0 saturated heterocycles. The van der Waals surface area contributed by atoms with Gasteiger partial charge in [0.05, 0.1) is 0 Å². The first-order valence-electron chi connectivity index (χ1n) is 4.37. The number of nitrogens with zero attached hydrogens (tertiary/aromatic N) is 1. The van der Waals surface area contributed by atoms with E-state index >= 15 is 0 Å². The number of aldehydes is 1. The molecule has 0 amide bonds. The summed E-state index contributed by atoms with van der Waals surface area (Å²) in [7, 11) is 0. The van der Waals surface area contributed by atoms with Crippen molar-refractivity contribution in [3.05, 3.63) is 28.0 Å². The number of hydrogen-bond donors (Lipinski definition) is 0. The molecule has 0 aliphatic carbocycles. The summed E-state index contributed by atoms with van der Waals surface area (Å²) in [5, 5.41) is 0. The summed E-state index contributed by atoms with van der Waals surface area (Å²) in [4.78, 5) is 14.7. The first-order chi connectivity index (χ1) is 6.27. The topological polar surface area (TPSA) is 30.0 Å². The second kappa shape index (κ2) is 5.12. The normalized spacial score (nSPS) is 10.0. The Morgan fingerprint density at radius 3 is 3.00 bits per heavy atom. The first-order valence-corrected chi connectivity index (χ1v) is 5.16. The SMILES string of the molecule is CCCCc1cnc(Br)c(C=O)c1. The van der Waals surface area contributed by atoms with Gasteiger partial charge in [-0.3, -0.25) is 4.79 Å². The Bertz CT molecular complexity index is 299. The van der Waals surface area contributed by atoms with Crippen molar-refractivity contribution in [3.8, 4) is 0 Å². The van der Waals surface area contributed by atoms with E-state index in [1.807, 2.05) is 12.3 Å². The van der Waals surface area contributed by atoms with Crippen LogP contribution in [0.15, 0.2) is 16.9 Å². The zero-order chi connectivity index (χ0) is 9.68. The van der Waals surface area contributed by atoms with Crippen LogP contribution in [0.2, 0.25) is 0 Å². The minimum absolute atomic E-state index is 0.628. The molecule has 0 unspecified atom stereocenters. The highest BCUT2D eigenvalue weighted by atomic mass is 79.9. The van der Waals surface area contributed by atoms with Crippen LogP contribution in [0.4, 0.5) is 0 Å². The van der Waals surface area contributed by atoms with E-state index in [2.05, 4.69) is 27.8 Å². The maximum atomic E-state index is 10.6. The van der Waals surface area contributed by atoms with Crippen LogP contribution >= 0.6 is 15.9 Å². The minimum Gasteiger partial charge on any atom is -0.298 e. The monoisotopic (exact) mass is 241 g/mol. The molecule has 0 atom stereocenters. The number of carbonyl (C=O) groups is 1. The largest absolute Gasteiger partial charge is 0.298 e. The quantitative estimate of drug-likeness (QED) is 0.600. The van der Waals surface area contributed by atoms with Gasteiger partial charge < -0.3 is 0 Å². The summed E-state index contributed by atoms with van der Waals surface area (Å²) in [6.07, 6.45) is 5.94. The first kappa shape index (κ1) is 10.4.